The van der Waals surface area contributed by atoms with Crippen LogP contribution in [0.2, 0.25) is 0 Å². The van der Waals surface area contributed by atoms with Crippen molar-refractivity contribution in [3.63, 3.8) is 0 Å². The van der Waals surface area contributed by atoms with Crippen molar-refractivity contribution in [1.82, 2.24) is 0 Å². The number of hydrogen-bond donors (Lipinski definition) is 0. The van der Waals surface area contributed by atoms with Gasteiger partial charge in [-0.2, -0.15) is 0 Å². The van der Waals surface area contributed by atoms with Gasteiger partial charge >= 0.3 is 0 Å². The van der Waals surface area contributed by atoms with Crippen LogP contribution < -0.4 is 0 Å². The minimum Gasteiger partial charge on any atom is -0.376 e. The van der Waals surface area contributed by atoms with E-state index in [9.17, 15) is 0 Å². The summed E-state index contributed by atoms with van der Waals surface area (Å²) in [7, 11) is 0. The van der Waals surface area contributed by atoms with Gasteiger partial charge < -0.3 is 4.74 Å². The Labute approximate surface area is 117 Å². The molecule has 2 aliphatic rings. The molecule has 104 valence electrons. The van der Waals surface area contributed by atoms with Gasteiger partial charge in [0.25, 0.3) is 0 Å². The molecule has 1 nitrogen and oxygen atoms in total. The van der Waals surface area contributed by atoms with E-state index >= 15 is 0 Å². The molecule has 0 saturated heterocycles. The van der Waals surface area contributed by atoms with Crippen LogP contribution in [0.3, 0.4) is 0 Å². The third kappa shape index (κ3) is 1.45. The Morgan fingerprint density at radius 3 is 1.95 bits per heavy atom. The first-order chi connectivity index (χ1) is 8.69. The minimum absolute atomic E-state index is 0.207. The molecule has 19 heavy (non-hydrogen) atoms. The van der Waals surface area contributed by atoms with Crippen LogP contribution in [0.25, 0.3) is 0 Å². The van der Waals surface area contributed by atoms with Gasteiger partial charge in [-0.25, -0.2) is 0 Å². The van der Waals surface area contributed by atoms with Crippen molar-refractivity contribution in [1.29, 1.82) is 0 Å². The van der Waals surface area contributed by atoms with Crippen LogP contribution in [0.4, 0.5) is 0 Å². The van der Waals surface area contributed by atoms with E-state index < -0.39 is 0 Å². The van der Waals surface area contributed by atoms with Gasteiger partial charge in [0, 0.05) is 0 Å². The van der Waals surface area contributed by atoms with Gasteiger partial charge in [0.05, 0.1) is 13.2 Å². The fourth-order valence-corrected chi connectivity index (χ4v) is 3.91. The summed E-state index contributed by atoms with van der Waals surface area (Å²) in [6, 6.07) is 4.91. The van der Waals surface area contributed by atoms with E-state index in [1.807, 2.05) is 0 Å². The molecule has 0 saturated carbocycles. The van der Waals surface area contributed by atoms with Gasteiger partial charge in [-0.05, 0) is 44.9 Å². The number of rotatable bonds is 0. The smallest absolute Gasteiger partial charge is 0.0719 e. The van der Waals surface area contributed by atoms with E-state index in [0.717, 1.165) is 19.6 Å². The second-order valence-corrected chi connectivity index (χ2v) is 7.84. The lowest BCUT2D eigenvalue weighted by Gasteiger charge is -2.44. The average molecular weight is 258 g/mol. The molecule has 1 aromatic carbocycles. The highest BCUT2D eigenvalue weighted by Gasteiger charge is 2.56. The van der Waals surface area contributed by atoms with E-state index in [1.54, 1.807) is 5.56 Å². The molecule has 0 fully saturated rings. The molecule has 1 heteroatoms. The largest absolute Gasteiger partial charge is 0.376 e. The van der Waals surface area contributed by atoms with Crippen LogP contribution in [-0.4, -0.2) is 6.61 Å². The van der Waals surface area contributed by atoms with E-state index in [4.69, 9.17) is 4.74 Å². The first kappa shape index (κ1) is 13.2. The SMILES string of the molecule is CC1(C)c2cc3c(cc2C(C)(C)C1(C)C)COCC3. The Hall–Kier alpha value is -0.820. The maximum Gasteiger partial charge on any atom is 0.0719 e. The zero-order valence-corrected chi connectivity index (χ0v) is 13.2. The fourth-order valence-electron chi connectivity index (χ4n) is 3.91. The molecule has 0 spiro atoms. The normalized spacial score (nSPS) is 25.8. The van der Waals surface area contributed by atoms with E-state index in [2.05, 4.69) is 53.7 Å². The van der Waals surface area contributed by atoms with Crippen LogP contribution >= 0.6 is 0 Å². The number of benzene rings is 1. The molecule has 1 aliphatic carbocycles. The maximum atomic E-state index is 5.63. The van der Waals surface area contributed by atoms with Crippen molar-refractivity contribution >= 4 is 0 Å². The van der Waals surface area contributed by atoms with Gasteiger partial charge in [-0.15, -0.1) is 0 Å². The van der Waals surface area contributed by atoms with Gasteiger partial charge in [-0.3, -0.25) is 0 Å². The standard InChI is InChI=1S/C18H26O/c1-16(2)14-9-12-7-8-19-11-13(12)10-15(14)17(3,4)18(16,5)6/h9-10H,7-8,11H2,1-6H3. The summed E-state index contributed by atoms with van der Waals surface area (Å²) in [6.07, 6.45) is 1.07. The number of ether oxygens (including phenoxy) is 1. The highest BCUT2D eigenvalue weighted by molar-refractivity contribution is 5.52. The second kappa shape index (κ2) is 3.63. The molecular weight excluding hydrogens is 232 g/mol. The number of fused-ring (bicyclic) bond motifs is 2. The summed E-state index contributed by atoms with van der Waals surface area (Å²) >= 11 is 0. The monoisotopic (exact) mass is 258 g/mol. The second-order valence-electron chi connectivity index (χ2n) is 7.84. The highest BCUT2D eigenvalue weighted by atomic mass is 16.5. The van der Waals surface area contributed by atoms with Crippen molar-refractivity contribution in [3.05, 3.63) is 34.4 Å². The Kier molecular flexibility index (Phi) is 2.52. The third-order valence-corrected chi connectivity index (χ3v) is 6.58. The predicted octanol–water partition coefficient (Wildman–Crippen LogP) is 4.35. The van der Waals surface area contributed by atoms with Crippen molar-refractivity contribution in [3.8, 4) is 0 Å². The molecule has 0 radical (unpaired) electrons. The van der Waals surface area contributed by atoms with Crippen molar-refractivity contribution < 1.29 is 4.74 Å². The minimum atomic E-state index is 0.207. The Morgan fingerprint density at radius 2 is 1.37 bits per heavy atom. The maximum absolute atomic E-state index is 5.63. The molecule has 0 aromatic heterocycles. The van der Waals surface area contributed by atoms with Gasteiger partial charge in [0.15, 0.2) is 0 Å². The zero-order valence-electron chi connectivity index (χ0n) is 13.2. The summed E-state index contributed by atoms with van der Waals surface area (Å²) in [5.41, 5.74) is 6.69. The molecule has 0 atom stereocenters. The predicted molar refractivity (Wildman–Crippen MR) is 79.6 cm³/mol. The summed E-state index contributed by atoms with van der Waals surface area (Å²) in [4.78, 5) is 0. The van der Waals surface area contributed by atoms with Crippen LogP contribution in [0, 0.1) is 5.41 Å². The van der Waals surface area contributed by atoms with Crippen molar-refractivity contribution in [2.24, 2.45) is 5.41 Å². The van der Waals surface area contributed by atoms with Crippen LogP contribution in [-0.2, 0) is 28.6 Å². The van der Waals surface area contributed by atoms with Crippen molar-refractivity contribution in [2.75, 3.05) is 6.61 Å². The topological polar surface area (TPSA) is 9.23 Å². The molecule has 0 unspecified atom stereocenters. The molecule has 3 rings (SSSR count). The third-order valence-electron chi connectivity index (χ3n) is 6.58. The lowest BCUT2D eigenvalue weighted by molar-refractivity contribution is 0.110. The highest BCUT2D eigenvalue weighted by Crippen LogP contribution is 2.61. The van der Waals surface area contributed by atoms with E-state index in [0.29, 0.717) is 0 Å². The molecular formula is C18H26O. The summed E-state index contributed by atoms with van der Waals surface area (Å²) < 4.78 is 5.63. The molecule has 0 amide bonds. The van der Waals surface area contributed by atoms with Crippen molar-refractivity contribution in [2.45, 2.75) is 65.4 Å². The quantitative estimate of drug-likeness (QED) is 0.672. The fraction of sp³-hybridized carbons (Fsp3) is 0.667. The van der Waals surface area contributed by atoms with Gasteiger partial charge in [0.1, 0.15) is 0 Å². The molecule has 1 aromatic rings. The lowest BCUT2D eigenvalue weighted by atomic mass is 9.59. The van der Waals surface area contributed by atoms with E-state index in [-0.39, 0.29) is 16.2 Å². The first-order valence-corrected chi connectivity index (χ1v) is 7.44. The molecule has 1 heterocycles. The summed E-state index contributed by atoms with van der Waals surface area (Å²) in [5, 5.41) is 0. The van der Waals surface area contributed by atoms with E-state index in [1.165, 1.54) is 16.7 Å². The molecule has 1 aliphatic heterocycles. The Balaban J connectivity index is 2.28. The van der Waals surface area contributed by atoms with Crippen LogP contribution in [0.1, 0.15) is 63.8 Å². The Morgan fingerprint density at radius 1 is 0.842 bits per heavy atom. The summed E-state index contributed by atoms with van der Waals surface area (Å²) in [6.45, 7) is 16.1. The van der Waals surface area contributed by atoms with Crippen LogP contribution in [0.15, 0.2) is 12.1 Å². The van der Waals surface area contributed by atoms with Gasteiger partial charge in [-0.1, -0.05) is 53.7 Å². The zero-order chi connectivity index (χ0) is 14.1. The first-order valence-electron chi connectivity index (χ1n) is 7.44. The van der Waals surface area contributed by atoms with Gasteiger partial charge in [0.2, 0.25) is 0 Å². The lowest BCUT2D eigenvalue weighted by Crippen LogP contribution is -2.42. The number of hydrogen-bond acceptors (Lipinski definition) is 1. The average Bonchev–Trinajstić information content (AvgIpc) is 2.45. The molecule has 0 N–H and O–H groups in total. The van der Waals surface area contributed by atoms with Crippen LogP contribution in [0.5, 0.6) is 0 Å². The molecule has 0 bridgehead atoms. The summed E-state index contributed by atoms with van der Waals surface area (Å²) in [5.74, 6) is 0. The Bertz CT molecular complexity index is 488.